The van der Waals surface area contributed by atoms with Gasteiger partial charge in [0.2, 0.25) is 0 Å². The minimum atomic E-state index is -0.595. The minimum Gasteiger partial charge on any atom is -0.457 e. The average Bonchev–Trinajstić information content (AvgIpc) is 3.19. The number of para-hydroxylation sites is 1. The third-order valence-electron chi connectivity index (χ3n) is 5.67. The van der Waals surface area contributed by atoms with Gasteiger partial charge in [0.05, 0.1) is 11.4 Å². The monoisotopic (exact) mass is 560 g/mol. The van der Waals surface area contributed by atoms with Crippen molar-refractivity contribution in [1.82, 2.24) is 15.1 Å². The fourth-order valence-electron chi connectivity index (χ4n) is 3.81. The van der Waals surface area contributed by atoms with Crippen molar-refractivity contribution in [3.8, 4) is 11.5 Å². The average molecular weight is 561 g/mol. The molecule has 7 nitrogen and oxygen atoms in total. The second-order valence-corrected chi connectivity index (χ2v) is 10.0. The normalized spacial score (nSPS) is 14.6. The Kier molecular flexibility index (Phi) is 7.59. The number of benzene rings is 3. The van der Waals surface area contributed by atoms with Gasteiger partial charge in [-0.15, -0.1) is 11.8 Å². The largest absolute Gasteiger partial charge is 0.457 e. The van der Waals surface area contributed by atoms with Crippen LogP contribution >= 0.6 is 35.6 Å². The molecule has 38 heavy (non-hydrogen) atoms. The van der Waals surface area contributed by atoms with Crippen LogP contribution in [0.5, 0.6) is 11.5 Å². The van der Waals surface area contributed by atoms with E-state index in [1.165, 1.54) is 15.7 Å². The highest BCUT2D eigenvalue weighted by Crippen LogP contribution is 2.31. The summed E-state index contributed by atoms with van der Waals surface area (Å²) in [6.07, 6.45) is 1.48. The van der Waals surface area contributed by atoms with Gasteiger partial charge in [-0.25, -0.2) is 0 Å². The van der Waals surface area contributed by atoms with Gasteiger partial charge in [-0.05, 0) is 66.8 Å². The van der Waals surface area contributed by atoms with E-state index >= 15 is 0 Å². The van der Waals surface area contributed by atoms with Crippen molar-refractivity contribution in [3.05, 3.63) is 107 Å². The number of rotatable bonds is 7. The molecule has 5 rings (SSSR count). The maximum absolute atomic E-state index is 13.5. The Morgan fingerprint density at radius 3 is 2.29 bits per heavy atom. The molecule has 0 unspecified atom stereocenters. The number of nitrogens with one attached hydrogen (secondary N) is 1. The molecule has 1 N–H and O–H groups in total. The summed E-state index contributed by atoms with van der Waals surface area (Å²) in [5, 5.41) is 7.42. The molecule has 4 aromatic rings. The molecular formula is C28H21ClN4O3S2. The van der Waals surface area contributed by atoms with Gasteiger partial charge in [0, 0.05) is 23.3 Å². The van der Waals surface area contributed by atoms with E-state index in [1.54, 1.807) is 43.1 Å². The zero-order valence-electron chi connectivity index (χ0n) is 20.1. The number of thiocarbonyl (C=S) groups is 1. The first-order valence-corrected chi connectivity index (χ1v) is 13.3. The summed E-state index contributed by atoms with van der Waals surface area (Å²) in [6, 6.07) is 26.1. The molecule has 0 spiro atoms. The van der Waals surface area contributed by atoms with Gasteiger partial charge in [0.15, 0.2) is 5.11 Å². The first kappa shape index (κ1) is 25.7. The number of aromatic nitrogens is 2. The first-order chi connectivity index (χ1) is 18.4. The number of carbonyl (C=O) groups excluding carboxylic acids is 2. The lowest BCUT2D eigenvalue weighted by atomic mass is 10.1. The first-order valence-electron chi connectivity index (χ1n) is 11.5. The number of amides is 2. The maximum Gasteiger partial charge on any atom is 0.270 e. The summed E-state index contributed by atoms with van der Waals surface area (Å²) in [5.74, 6) is 0.637. The van der Waals surface area contributed by atoms with Crippen LogP contribution in [0.3, 0.4) is 0 Å². The quantitative estimate of drug-likeness (QED) is 0.129. The highest BCUT2D eigenvalue weighted by molar-refractivity contribution is 7.98. The standard InChI is InChI=1S/C28H21ClN4O3S2/c1-32-25(29)22(24(31-32)17-38-21-10-6-3-7-11-21)16-23-26(34)30-28(37)33(27(23)35)18-12-14-20(15-13-18)36-19-8-4-2-5-9-19/h2-16H,17H2,1H3,(H,30,34,37). The summed E-state index contributed by atoms with van der Waals surface area (Å²) in [6.45, 7) is 0. The highest BCUT2D eigenvalue weighted by atomic mass is 35.5. The van der Waals surface area contributed by atoms with Crippen LogP contribution in [0.25, 0.3) is 6.08 Å². The third kappa shape index (κ3) is 5.50. The molecule has 1 aromatic heterocycles. The summed E-state index contributed by atoms with van der Waals surface area (Å²) >= 11 is 13.4. The van der Waals surface area contributed by atoms with E-state index in [0.29, 0.717) is 39.3 Å². The van der Waals surface area contributed by atoms with E-state index < -0.39 is 11.8 Å². The van der Waals surface area contributed by atoms with E-state index in [1.807, 2.05) is 60.7 Å². The smallest absolute Gasteiger partial charge is 0.270 e. The van der Waals surface area contributed by atoms with E-state index in [2.05, 4.69) is 10.4 Å². The van der Waals surface area contributed by atoms with Crippen molar-refractivity contribution in [2.24, 2.45) is 7.05 Å². The van der Waals surface area contributed by atoms with Crippen LogP contribution < -0.4 is 15.0 Å². The Morgan fingerprint density at radius 1 is 0.974 bits per heavy atom. The third-order valence-corrected chi connectivity index (χ3v) is 7.43. The number of hydrogen-bond donors (Lipinski definition) is 1. The Balaban J connectivity index is 1.41. The van der Waals surface area contributed by atoms with Gasteiger partial charge >= 0.3 is 0 Å². The molecule has 0 saturated carbocycles. The lowest BCUT2D eigenvalue weighted by Crippen LogP contribution is -2.54. The number of hydrogen-bond acceptors (Lipinski definition) is 6. The Labute approximate surface area is 234 Å². The van der Waals surface area contributed by atoms with Gasteiger partial charge < -0.3 is 4.74 Å². The van der Waals surface area contributed by atoms with Crippen LogP contribution in [0.1, 0.15) is 11.3 Å². The molecule has 1 aliphatic rings. The summed E-state index contributed by atoms with van der Waals surface area (Å²) < 4.78 is 7.35. The van der Waals surface area contributed by atoms with E-state index in [-0.39, 0.29) is 10.7 Å². The molecule has 0 bridgehead atoms. The lowest BCUT2D eigenvalue weighted by molar-refractivity contribution is -0.122. The Hall–Kier alpha value is -3.92. The molecule has 3 aromatic carbocycles. The summed E-state index contributed by atoms with van der Waals surface area (Å²) in [5.41, 5.74) is 1.56. The van der Waals surface area contributed by atoms with E-state index in [0.717, 1.165) is 4.90 Å². The van der Waals surface area contributed by atoms with Crippen molar-refractivity contribution < 1.29 is 14.3 Å². The van der Waals surface area contributed by atoms with Crippen LogP contribution in [0.2, 0.25) is 5.15 Å². The van der Waals surface area contributed by atoms with Crippen molar-refractivity contribution in [2.75, 3.05) is 4.90 Å². The predicted octanol–water partition coefficient (Wildman–Crippen LogP) is 5.99. The molecule has 0 atom stereocenters. The number of carbonyl (C=O) groups is 2. The molecule has 190 valence electrons. The van der Waals surface area contributed by atoms with Crippen molar-refractivity contribution in [3.63, 3.8) is 0 Å². The summed E-state index contributed by atoms with van der Waals surface area (Å²) in [4.78, 5) is 28.7. The molecule has 0 radical (unpaired) electrons. The second kappa shape index (κ2) is 11.2. The molecule has 2 amide bonds. The van der Waals surface area contributed by atoms with Crippen molar-refractivity contribution in [1.29, 1.82) is 0 Å². The van der Waals surface area contributed by atoms with Crippen LogP contribution in [0, 0.1) is 0 Å². The Bertz CT molecular complexity index is 1540. The zero-order valence-corrected chi connectivity index (χ0v) is 22.5. The van der Waals surface area contributed by atoms with Crippen LogP contribution in [0.15, 0.2) is 95.4 Å². The molecule has 1 aliphatic heterocycles. The van der Waals surface area contributed by atoms with Crippen LogP contribution in [-0.2, 0) is 22.4 Å². The fraction of sp³-hybridized carbons (Fsp3) is 0.0714. The summed E-state index contributed by atoms with van der Waals surface area (Å²) in [7, 11) is 1.71. The molecule has 1 fully saturated rings. The van der Waals surface area contributed by atoms with Gasteiger partial charge in [0.25, 0.3) is 11.8 Å². The number of halogens is 1. The van der Waals surface area contributed by atoms with Crippen LogP contribution in [-0.4, -0.2) is 26.7 Å². The zero-order chi connectivity index (χ0) is 26.6. The number of ether oxygens (including phenoxy) is 1. The maximum atomic E-state index is 13.5. The molecule has 1 saturated heterocycles. The van der Waals surface area contributed by atoms with E-state index in [9.17, 15) is 9.59 Å². The number of nitrogens with zero attached hydrogens (tertiary/aromatic N) is 3. The topological polar surface area (TPSA) is 76.5 Å². The lowest BCUT2D eigenvalue weighted by Gasteiger charge is -2.29. The molecule has 0 aliphatic carbocycles. The van der Waals surface area contributed by atoms with Crippen LogP contribution in [0.4, 0.5) is 5.69 Å². The van der Waals surface area contributed by atoms with Gasteiger partial charge in [0.1, 0.15) is 22.2 Å². The second-order valence-electron chi connectivity index (χ2n) is 8.24. The van der Waals surface area contributed by atoms with E-state index in [4.69, 9.17) is 28.6 Å². The van der Waals surface area contributed by atoms with Gasteiger partial charge in [-0.3, -0.25) is 24.5 Å². The van der Waals surface area contributed by atoms with Crippen molar-refractivity contribution >= 4 is 64.3 Å². The molecular weight excluding hydrogens is 540 g/mol. The highest BCUT2D eigenvalue weighted by Gasteiger charge is 2.35. The fourth-order valence-corrected chi connectivity index (χ4v) is 5.16. The number of thioether (sulfide) groups is 1. The predicted molar refractivity (Wildman–Crippen MR) is 153 cm³/mol. The Morgan fingerprint density at radius 2 is 1.61 bits per heavy atom. The van der Waals surface area contributed by atoms with Crippen molar-refractivity contribution in [2.45, 2.75) is 10.6 Å². The number of aryl methyl sites for hydroxylation is 1. The van der Waals surface area contributed by atoms with Gasteiger partial charge in [-0.2, -0.15) is 5.10 Å². The SMILES string of the molecule is Cn1nc(CSc2ccccc2)c(C=C2C(=O)NC(=S)N(c3ccc(Oc4ccccc4)cc3)C2=O)c1Cl. The molecule has 2 heterocycles. The molecule has 10 heteroatoms. The minimum absolute atomic E-state index is 0.00832. The number of anilines is 1. The van der Waals surface area contributed by atoms with Gasteiger partial charge in [-0.1, -0.05) is 48.0 Å².